The molecular formula is C58H43N3O. The normalized spacial score (nSPS) is 17.9. The van der Waals surface area contributed by atoms with Gasteiger partial charge >= 0.3 is 0 Å². The molecule has 1 spiro atoms. The van der Waals surface area contributed by atoms with Crippen LogP contribution in [0.2, 0.25) is 0 Å². The summed E-state index contributed by atoms with van der Waals surface area (Å²) >= 11 is 0. The Morgan fingerprint density at radius 3 is 1.52 bits per heavy atom. The topological polar surface area (TPSA) is 45.3 Å². The molecule has 0 amide bonds. The van der Waals surface area contributed by atoms with E-state index in [1.165, 1.54) is 61.2 Å². The summed E-state index contributed by atoms with van der Waals surface area (Å²) in [5.74, 6) is 1.79. The number of benzene rings is 9. The van der Waals surface area contributed by atoms with Crippen molar-refractivity contribution in [1.29, 1.82) is 0 Å². The second-order valence-corrected chi connectivity index (χ2v) is 16.5. The minimum atomic E-state index is -0.475. The van der Waals surface area contributed by atoms with Gasteiger partial charge in [-0.2, -0.15) is 0 Å². The Bertz CT molecular complexity index is 3080. The van der Waals surface area contributed by atoms with Crippen LogP contribution in [0.15, 0.2) is 224 Å². The average Bonchev–Trinajstić information content (AvgIpc) is 3.65. The highest BCUT2D eigenvalue weighted by Gasteiger charge is 2.50. The third-order valence-electron chi connectivity index (χ3n) is 13.1. The molecule has 3 atom stereocenters. The summed E-state index contributed by atoms with van der Waals surface area (Å²) in [5.41, 5.74) is 17.6. The van der Waals surface area contributed by atoms with Crippen molar-refractivity contribution in [2.45, 2.75) is 23.9 Å². The third-order valence-corrected chi connectivity index (χ3v) is 13.1. The van der Waals surface area contributed by atoms with E-state index in [4.69, 9.17) is 4.74 Å². The summed E-state index contributed by atoms with van der Waals surface area (Å²) in [6, 6.07) is 81.0. The van der Waals surface area contributed by atoms with Crippen molar-refractivity contribution in [3.63, 3.8) is 0 Å². The van der Waals surface area contributed by atoms with Crippen LogP contribution in [0.1, 0.15) is 57.4 Å². The fraction of sp³-hybridized carbons (Fsp3) is 0.0690. The number of hydrogen-bond donors (Lipinski definition) is 3. The van der Waals surface area contributed by atoms with Gasteiger partial charge in [0.25, 0.3) is 0 Å². The SMILES string of the molecule is c1ccc(-c2ccccc2C2NC(c3ccccc3)NC(c3cccc(-c4cccc(-c5ccc6c(c5)Oc5ccccc5C65c6ccccc6-c6ccccc65)c4)c3)N2)cc1. The standard InChI is InChI=1S/C58H43N3O/c1-3-17-38(18-4-1)45-25-7-8-28-48(45)57-60-55(39-19-5-2-6-20-39)59-56(61-57)44-24-16-23-42(36-44)40-21-15-22-41(35-40)43-33-34-52-54(37-43)62-53-32-14-13-31-51(53)58(52)49-29-11-9-26-46(49)47-27-10-12-30-50(47)58/h1-37,55-57,59-61H. The first-order valence-electron chi connectivity index (χ1n) is 21.5. The van der Waals surface area contributed by atoms with Gasteiger partial charge in [-0.3, -0.25) is 16.0 Å². The maximum absolute atomic E-state index is 6.85. The number of fused-ring (bicyclic) bond motifs is 9. The van der Waals surface area contributed by atoms with Crippen molar-refractivity contribution >= 4 is 0 Å². The Hall–Kier alpha value is -7.34. The molecule has 3 aliphatic rings. The first kappa shape index (κ1) is 36.5. The van der Waals surface area contributed by atoms with E-state index in [0.29, 0.717) is 0 Å². The fourth-order valence-electron chi connectivity index (χ4n) is 10.3. The molecule has 9 aromatic carbocycles. The van der Waals surface area contributed by atoms with E-state index in [1.54, 1.807) is 0 Å². The van der Waals surface area contributed by atoms with Crippen LogP contribution in [-0.2, 0) is 5.41 Å². The van der Waals surface area contributed by atoms with Gasteiger partial charge in [-0.25, -0.2) is 0 Å². The minimum absolute atomic E-state index is 0.0770. The first-order valence-corrected chi connectivity index (χ1v) is 21.5. The highest BCUT2D eigenvalue weighted by Crippen LogP contribution is 2.62. The van der Waals surface area contributed by atoms with Crippen LogP contribution >= 0.6 is 0 Å². The zero-order chi connectivity index (χ0) is 41.0. The van der Waals surface area contributed by atoms with E-state index in [9.17, 15) is 0 Å². The predicted molar refractivity (Wildman–Crippen MR) is 251 cm³/mol. The van der Waals surface area contributed by atoms with E-state index in [1.807, 2.05) is 0 Å². The molecule has 0 radical (unpaired) electrons. The van der Waals surface area contributed by atoms with Gasteiger partial charge in [0.2, 0.25) is 0 Å². The molecule has 1 saturated heterocycles. The van der Waals surface area contributed by atoms with Gasteiger partial charge in [0.15, 0.2) is 0 Å². The first-order chi connectivity index (χ1) is 30.7. The van der Waals surface area contributed by atoms with Crippen molar-refractivity contribution in [3.8, 4) is 56.0 Å². The van der Waals surface area contributed by atoms with Gasteiger partial charge in [0.1, 0.15) is 11.5 Å². The summed E-state index contributed by atoms with van der Waals surface area (Å²) < 4.78 is 6.85. The molecule has 4 nitrogen and oxygen atoms in total. The lowest BCUT2D eigenvalue weighted by molar-refractivity contribution is 0.203. The molecule has 1 fully saturated rings. The Morgan fingerprint density at radius 2 is 0.790 bits per heavy atom. The van der Waals surface area contributed by atoms with Gasteiger partial charge < -0.3 is 4.74 Å². The summed E-state index contributed by atoms with van der Waals surface area (Å²) in [7, 11) is 0. The van der Waals surface area contributed by atoms with Crippen LogP contribution in [-0.4, -0.2) is 0 Å². The van der Waals surface area contributed by atoms with Crippen LogP contribution in [0, 0.1) is 0 Å². The molecule has 12 rings (SSSR count). The summed E-state index contributed by atoms with van der Waals surface area (Å²) in [6.45, 7) is 0. The molecule has 0 saturated carbocycles. The van der Waals surface area contributed by atoms with Crippen LogP contribution < -0.4 is 20.7 Å². The van der Waals surface area contributed by atoms with Crippen LogP contribution in [0.5, 0.6) is 11.5 Å². The van der Waals surface area contributed by atoms with E-state index in [-0.39, 0.29) is 18.5 Å². The lowest BCUT2D eigenvalue weighted by Crippen LogP contribution is -2.54. The average molecular weight is 798 g/mol. The van der Waals surface area contributed by atoms with Crippen LogP contribution in [0.25, 0.3) is 44.5 Å². The summed E-state index contributed by atoms with van der Waals surface area (Å²) in [4.78, 5) is 0. The largest absolute Gasteiger partial charge is 0.457 e. The molecule has 1 aliphatic carbocycles. The van der Waals surface area contributed by atoms with Gasteiger partial charge in [0.05, 0.1) is 23.9 Å². The summed E-state index contributed by atoms with van der Waals surface area (Å²) in [5, 5.41) is 11.7. The summed E-state index contributed by atoms with van der Waals surface area (Å²) in [6.07, 6.45) is -0.317. The zero-order valence-electron chi connectivity index (χ0n) is 34.0. The third kappa shape index (κ3) is 5.95. The monoisotopic (exact) mass is 797 g/mol. The van der Waals surface area contributed by atoms with Gasteiger partial charge in [0, 0.05) is 11.1 Å². The zero-order valence-corrected chi connectivity index (χ0v) is 34.0. The number of para-hydroxylation sites is 1. The van der Waals surface area contributed by atoms with Crippen LogP contribution in [0.4, 0.5) is 0 Å². The minimum Gasteiger partial charge on any atom is -0.457 e. The molecule has 62 heavy (non-hydrogen) atoms. The molecule has 296 valence electrons. The van der Waals surface area contributed by atoms with Gasteiger partial charge in [-0.05, 0) is 96.6 Å². The Balaban J connectivity index is 0.904. The lowest BCUT2D eigenvalue weighted by atomic mass is 9.66. The van der Waals surface area contributed by atoms with E-state index >= 15 is 0 Å². The second-order valence-electron chi connectivity index (χ2n) is 16.5. The maximum atomic E-state index is 6.85. The Labute approximate surface area is 362 Å². The van der Waals surface area contributed by atoms with Crippen molar-refractivity contribution < 1.29 is 4.74 Å². The quantitative estimate of drug-likeness (QED) is 0.157. The van der Waals surface area contributed by atoms with E-state index in [2.05, 4.69) is 240 Å². The maximum Gasteiger partial charge on any atom is 0.132 e. The van der Waals surface area contributed by atoms with Crippen LogP contribution in [0.3, 0.4) is 0 Å². The Kier molecular flexibility index (Phi) is 8.82. The van der Waals surface area contributed by atoms with Crippen molar-refractivity contribution in [2.75, 3.05) is 0 Å². The predicted octanol–water partition coefficient (Wildman–Crippen LogP) is 13.3. The second kappa shape index (κ2) is 15.0. The molecule has 9 aromatic rings. The van der Waals surface area contributed by atoms with Gasteiger partial charge in [-0.1, -0.05) is 200 Å². The highest BCUT2D eigenvalue weighted by molar-refractivity contribution is 5.89. The van der Waals surface area contributed by atoms with Crippen molar-refractivity contribution in [2.24, 2.45) is 0 Å². The fourth-order valence-corrected chi connectivity index (χ4v) is 10.3. The van der Waals surface area contributed by atoms with E-state index in [0.717, 1.165) is 33.8 Å². The number of nitrogens with one attached hydrogen (secondary N) is 3. The van der Waals surface area contributed by atoms with Gasteiger partial charge in [-0.15, -0.1) is 0 Å². The number of ether oxygens (including phenoxy) is 1. The van der Waals surface area contributed by atoms with E-state index < -0.39 is 5.41 Å². The lowest BCUT2D eigenvalue weighted by Gasteiger charge is -2.40. The smallest absolute Gasteiger partial charge is 0.132 e. The molecule has 3 N–H and O–H groups in total. The molecular weight excluding hydrogens is 755 g/mol. The molecule has 4 heteroatoms. The van der Waals surface area contributed by atoms with Crippen molar-refractivity contribution in [1.82, 2.24) is 16.0 Å². The number of hydrogen-bond acceptors (Lipinski definition) is 4. The molecule has 3 unspecified atom stereocenters. The number of rotatable bonds is 6. The molecule has 0 aromatic heterocycles. The molecule has 2 aliphatic heterocycles. The van der Waals surface area contributed by atoms with Crippen molar-refractivity contribution in [3.05, 3.63) is 263 Å². The molecule has 2 heterocycles. The highest BCUT2D eigenvalue weighted by atomic mass is 16.5. The Morgan fingerprint density at radius 1 is 0.306 bits per heavy atom. The molecule has 0 bridgehead atoms.